The summed E-state index contributed by atoms with van der Waals surface area (Å²) in [6, 6.07) is -14.5. The van der Waals surface area contributed by atoms with Crippen LogP contribution in [0.4, 0.5) is 0 Å². The molecule has 0 aliphatic rings. The zero-order valence-electron chi connectivity index (χ0n) is 63.8. The minimum Gasteiger partial charge on any atom is -0.508 e. The highest BCUT2D eigenvalue weighted by Gasteiger charge is 2.38. The highest BCUT2D eigenvalue weighted by Crippen LogP contribution is 2.15. The number of carbonyl (C=O) groups excluding carboxylic acids is 13. The second-order valence-electron chi connectivity index (χ2n) is 26.5. The molecule has 0 fully saturated rings. The first-order valence-electron chi connectivity index (χ1n) is 36.9. The molecule has 47 heteroatoms. The number of phenolic OH excluding ortho intramolecular Hbond substituents is 1. The molecule has 45 nitrogen and oxygen atoms in total. The van der Waals surface area contributed by atoms with Crippen molar-refractivity contribution in [2.24, 2.45) is 78.0 Å². The van der Waals surface area contributed by atoms with Crippen LogP contribution in [0.15, 0.2) is 51.8 Å². The Morgan fingerprint density at radius 3 is 1.16 bits per heavy atom. The third-order valence-corrected chi connectivity index (χ3v) is 17.8. The second kappa shape index (κ2) is 54.0. The lowest BCUT2D eigenvalue weighted by atomic mass is 10.0. The van der Waals surface area contributed by atoms with Gasteiger partial charge in [0.15, 0.2) is 17.9 Å². The quantitative estimate of drug-likeness (QED) is 0.0127. The standard InChI is InChI=1S/C67H116N28O17S2/c1-3-4-10-45(64(111)112)90-54(101)41(13-8-25-81-66(75)76)85-56(103)43(19-22-69)88-61(108)48(31-113)93-55(102)39(11-5-6-21-68)84-57(104)44(20-23-70)89-63(110)51(34(2)96)95-58(105)42(14-9-26-82-67(77)78)86-53(100)40(12-7-24-80-65(73)74)87-60(107)47(29-50(72)98)92-62(109)49(32-114)94-59(106)46(27-35-15-17-37(97)18-16-35)91-52(99)38(71)28-36-30-79-33-83-36/h15-18,30,33-34,38-49,51,96-97,113-114H,3-14,19-29,31-32,68-71H2,1-2H3,(H2,72,98)(H,79,83)(H,84,104)(H,85,103)(H,86,100)(H,87,107)(H,88,108)(H,89,110)(H,90,101)(H,91,99)(H,92,109)(H,93,102)(H,94,106)(H,95,105)(H,111,112)(H4,73,74,80)(H4,75,76,81)(H4,77,78,82)/t34-,38+,39+,40+,41+,42+,43+,44-,45+,46+,47+,48+,49+,51+/m1/s1. The molecule has 0 radical (unpaired) electrons. The molecule has 0 spiro atoms. The fourth-order valence-electron chi connectivity index (χ4n) is 10.9. The van der Waals surface area contributed by atoms with Gasteiger partial charge < -0.3 is 147 Å². The van der Waals surface area contributed by atoms with Gasteiger partial charge in [-0.3, -0.25) is 77.3 Å². The molecule has 0 unspecified atom stereocenters. The molecule has 0 bridgehead atoms. The van der Waals surface area contributed by atoms with E-state index in [0.717, 1.165) is 6.92 Å². The van der Waals surface area contributed by atoms with Gasteiger partial charge in [-0.1, -0.05) is 31.9 Å². The van der Waals surface area contributed by atoms with E-state index in [2.05, 4.69) is 114 Å². The molecular weight excluding hydrogens is 1530 g/mol. The summed E-state index contributed by atoms with van der Waals surface area (Å²) in [5, 5.41) is 60.5. The molecule has 0 saturated heterocycles. The van der Waals surface area contributed by atoms with Gasteiger partial charge in [0.2, 0.25) is 76.8 Å². The number of aromatic amines is 1. The van der Waals surface area contributed by atoms with E-state index in [1.165, 1.54) is 36.8 Å². The fourth-order valence-corrected chi connectivity index (χ4v) is 11.4. The number of hydrogen-bond acceptors (Lipinski definition) is 26. The Morgan fingerprint density at radius 1 is 0.439 bits per heavy atom. The maximum atomic E-state index is 14.6. The average molecular weight is 1650 g/mol. The van der Waals surface area contributed by atoms with Crippen molar-refractivity contribution in [2.45, 2.75) is 208 Å². The summed E-state index contributed by atoms with van der Waals surface area (Å²) in [5.74, 6) is -16.5. The predicted molar refractivity (Wildman–Crippen MR) is 426 cm³/mol. The normalized spacial score (nSPS) is 14.7. The summed E-state index contributed by atoms with van der Waals surface area (Å²) in [5.41, 5.74) is 63.3. The van der Waals surface area contributed by atoms with E-state index in [1.807, 2.05) is 6.92 Å². The molecule has 2 rings (SSSR count). The van der Waals surface area contributed by atoms with Gasteiger partial charge in [-0.25, -0.2) is 9.78 Å². The summed E-state index contributed by atoms with van der Waals surface area (Å²) < 4.78 is 0. The summed E-state index contributed by atoms with van der Waals surface area (Å²) in [7, 11) is 0. The number of nitrogens with one attached hydrogen (secondary N) is 13. The van der Waals surface area contributed by atoms with Gasteiger partial charge in [-0.05, 0) is 121 Å². The van der Waals surface area contributed by atoms with Crippen LogP contribution in [0.3, 0.4) is 0 Å². The molecule has 638 valence electrons. The highest BCUT2D eigenvalue weighted by molar-refractivity contribution is 7.80. The van der Waals surface area contributed by atoms with Gasteiger partial charge in [0.1, 0.15) is 78.3 Å². The van der Waals surface area contributed by atoms with Crippen LogP contribution in [-0.4, -0.2) is 261 Å². The molecule has 0 aliphatic heterocycles. The monoisotopic (exact) mass is 1650 g/mol. The number of guanidine groups is 3. The molecule has 0 saturated carbocycles. The molecular formula is C67H116N28O17S2. The van der Waals surface area contributed by atoms with Crippen molar-refractivity contribution >= 4 is 126 Å². The number of H-pyrrole nitrogens is 1. The number of thiol groups is 2. The molecule has 2 aromatic rings. The topological polar surface area (TPSA) is 796 Å². The van der Waals surface area contributed by atoms with Crippen molar-refractivity contribution in [3.8, 4) is 5.75 Å². The minimum absolute atomic E-state index is 0.0106. The lowest BCUT2D eigenvalue weighted by molar-refractivity contribution is -0.142. The van der Waals surface area contributed by atoms with E-state index in [9.17, 15) is 82.4 Å². The Hall–Kier alpha value is -10.9. The predicted octanol–water partition coefficient (Wildman–Crippen LogP) is -10.6. The molecule has 1 aromatic heterocycles. The van der Waals surface area contributed by atoms with E-state index in [1.54, 1.807) is 0 Å². The Kier molecular flexibility index (Phi) is 46.9. The maximum absolute atomic E-state index is 14.6. The largest absolute Gasteiger partial charge is 0.508 e. The lowest BCUT2D eigenvalue weighted by Crippen LogP contribution is -2.62. The number of aliphatic hydroxyl groups is 1. The number of aliphatic imine (C=N–C) groups is 3. The number of unbranched alkanes of at least 4 members (excludes halogenated alkanes) is 2. The number of aliphatic hydroxyl groups excluding tert-OH is 1. The smallest absolute Gasteiger partial charge is 0.326 e. The first-order valence-corrected chi connectivity index (χ1v) is 38.1. The number of benzene rings is 1. The Balaban J connectivity index is 2.49. The Bertz CT molecular complexity index is 3530. The summed E-state index contributed by atoms with van der Waals surface area (Å²) in [6.45, 7) is 2.37. The Labute approximate surface area is 669 Å². The number of imidazole rings is 1. The number of nitrogens with zero attached hydrogens (tertiary/aromatic N) is 4. The van der Waals surface area contributed by atoms with Crippen LogP contribution in [0.2, 0.25) is 0 Å². The Morgan fingerprint density at radius 2 is 0.789 bits per heavy atom. The van der Waals surface area contributed by atoms with Crippen LogP contribution >= 0.6 is 25.3 Å². The third kappa shape index (κ3) is 38.6. The molecule has 114 heavy (non-hydrogen) atoms. The third-order valence-electron chi connectivity index (χ3n) is 17.0. The number of carboxylic acid groups (broad SMARTS) is 1. The molecule has 14 atom stereocenters. The number of aromatic hydroxyl groups is 1. The van der Waals surface area contributed by atoms with Crippen LogP contribution < -0.4 is 127 Å². The first kappa shape index (κ1) is 99.2. The van der Waals surface area contributed by atoms with E-state index < -0.39 is 185 Å². The molecule has 38 N–H and O–H groups in total. The van der Waals surface area contributed by atoms with Crippen LogP contribution in [-0.2, 0) is 80.0 Å². The van der Waals surface area contributed by atoms with Gasteiger partial charge in [0, 0.05) is 55.9 Å². The number of nitrogens with two attached hydrogens (primary N) is 11. The van der Waals surface area contributed by atoms with Gasteiger partial charge in [-0.15, -0.1) is 0 Å². The number of phenols is 1. The highest BCUT2D eigenvalue weighted by atomic mass is 32.1. The van der Waals surface area contributed by atoms with Gasteiger partial charge in [0.25, 0.3) is 0 Å². The van der Waals surface area contributed by atoms with E-state index in [-0.39, 0.29) is 146 Å². The average Bonchev–Trinajstić information content (AvgIpc) is 0.919. The number of hydrogen-bond donors (Lipinski definition) is 29. The fraction of sp³-hybridized carbons (Fsp3) is 0.612. The first-order chi connectivity index (χ1) is 54.0. The summed E-state index contributed by atoms with van der Waals surface area (Å²) >= 11 is 8.51. The molecule has 1 aromatic carbocycles. The second-order valence-corrected chi connectivity index (χ2v) is 27.2. The molecule has 1 heterocycles. The number of rotatable bonds is 57. The number of carbonyl (C=O) groups is 14. The van der Waals surface area contributed by atoms with Crippen molar-refractivity contribution in [1.82, 2.24) is 73.8 Å². The van der Waals surface area contributed by atoms with Crippen LogP contribution in [0.5, 0.6) is 5.75 Å². The van der Waals surface area contributed by atoms with Crippen molar-refractivity contribution in [3.63, 3.8) is 0 Å². The van der Waals surface area contributed by atoms with E-state index >= 15 is 0 Å². The van der Waals surface area contributed by atoms with Crippen LogP contribution in [0, 0.1) is 0 Å². The van der Waals surface area contributed by atoms with Crippen molar-refractivity contribution in [3.05, 3.63) is 48.0 Å². The van der Waals surface area contributed by atoms with Crippen LogP contribution in [0.1, 0.15) is 121 Å². The zero-order chi connectivity index (χ0) is 85.6. The zero-order valence-corrected chi connectivity index (χ0v) is 65.6. The minimum atomic E-state index is -1.94. The summed E-state index contributed by atoms with van der Waals surface area (Å²) in [6.07, 6.45) is 0.313. The maximum Gasteiger partial charge on any atom is 0.326 e. The van der Waals surface area contributed by atoms with Crippen LogP contribution in [0.25, 0.3) is 0 Å². The number of primary amides is 1. The van der Waals surface area contributed by atoms with E-state index in [4.69, 9.17) is 63.1 Å². The lowest BCUT2D eigenvalue weighted by Gasteiger charge is -2.29. The number of aliphatic carboxylic acids is 1. The number of aromatic nitrogens is 2. The van der Waals surface area contributed by atoms with Crippen molar-refractivity contribution in [1.29, 1.82) is 0 Å². The van der Waals surface area contributed by atoms with Gasteiger partial charge >= 0.3 is 5.97 Å². The molecule has 13 amide bonds. The van der Waals surface area contributed by atoms with Gasteiger partial charge in [0.05, 0.1) is 24.9 Å². The van der Waals surface area contributed by atoms with Crippen molar-refractivity contribution in [2.75, 3.05) is 50.8 Å². The van der Waals surface area contributed by atoms with Gasteiger partial charge in [-0.2, -0.15) is 25.3 Å². The van der Waals surface area contributed by atoms with Crippen molar-refractivity contribution < 1.29 is 82.4 Å². The number of carboxylic acids is 1. The SMILES string of the molecule is CCCC[C@H](NC(=O)[C@H](CCCN=C(N)N)NC(=O)[C@H](CCN)NC(=O)[C@H](CS)NC(=O)[C@H](CCCCN)NC(=O)[C@@H](CCN)NC(=O)[C@@H](NC(=O)[C@H](CCCN=C(N)N)NC(=O)[C@H](CCCN=C(N)N)NC(=O)[C@H](CC(N)=O)NC(=O)[C@H](CS)NC(=O)[C@H](Cc1ccc(O)cc1)NC(=O)[C@@H](N)Cc1cnc[nH]1)[C@@H](C)O)C(=O)O. The summed E-state index contributed by atoms with van der Waals surface area (Å²) in [4.78, 5) is 212. The molecule has 0 aliphatic carbocycles. The van der Waals surface area contributed by atoms with E-state index in [0.29, 0.717) is 30.5 Å². The number of amides is 13.